The van der Waals surface area contributed by atoms with E-state index in [1.165, 1.54) is 0 Å². The van der Waals surface area contributed by atoms with E-state index in [-0.39, 0.29) is 0 Å². The zero-order chi connectivity index (χ0) is 15.6. The predicted octanol–water partition coefficient (Wildman–Crippen LogP) is 2.95. The molecule has 6 heteroatoms. The van der Waals surface area contributed by atoms with Crippen molar-refractivity contribution < 1.29 is 4.74 Å². The van der Waals surface area contributed by atoms with Gasteiger partial charge in [-0.3, -0.25) is 4.90 Å². The van der Waals surface area contributed by atoms with E-state index in [2.05, 4.69) is 20.2 Å². The van der Waals surface area contributed by atoms with Crippen LogP contribution in [0.2, 0.25) is 5.02 Å². The second-order valence-electron chi connectivity index (χ2n) is 6.35. The Kier molecular flexibility index (Phi) is 4.33. The van der Waals surface area contributed by atoms with Crippen LogP contribution in [-0.4, -0.2) is 53.3 Å². The molecule has 0 amide bonds. The van der Waals surface area contributed by atoms with Gasteiger partial charge >= 0.3 is 0 Å². The average Bonchev–Trinajstić information content (AvgIpc) is 3.05. The van der Waals surface area contributed by atoms with Crippen LogP contribution in [0, 0.1) is 0 Å². The molecule has 1 N–H and O–H groups in total. The Balaban J connectivity index is 1.47. The Morgan fingerprint density at radius 1 is 1.17 bits per heavy atom. The summed E-state index contributed by atoms with van der Waals surface area (Å²) in [6.07, 6.45) is 5.06. The zero-order valence-electron chi connectivity index (χ0n) is 13.0. The van der Waals surface area contributed by atoms with Gasteiger partial charge in [-0.15, -0.1) is 0 Å². The second kappa shape index (κ2) is 6.59. The first-order valence-electron chi connectivity index (χ1n) is 8.28. The lowest BCUT2D eigenvalue weighted by atomic mass is 10.1. The van der Waals surface area contributed by atoms with Crippen LogP contribution in [0.4, 0.5) is 5.82 Å². The van der Waals surface area contributed by atoms with Gasteiger partial charge in [0.05, 0.1) is 5.52 Å². The number of hydrogen-bond donors (Lipinski definition) is 1. The molecule has 0 aliphatic carbocycles. The van der Waals surface area contributed by atoms with E-state index in [0.29, 0.717) is 17.1 Å². The molecule has 0 bridgehead atoms. The molecule has 2 aliphatic rings. The van der Waals surface area contributed by atoms with Crippen molar-refractivity contribution in [3.8, 4) is 0 Å². The normalized spacial score (nSPS) is 23.4. The molecular formula is C17H21ClN4O. The number of likely N-dealkylation sites (tertiary alicyclic amines) is 1. The highest BCUT2D eigenvalue weighted by atomic mass is 35.5. The summed E-state index contributed by atoms with van der Waals surface area (Å²) in [5.41, 5.74) is 0.922. The highest BCUT2D eigenvalue weighted by Gasteiger charge is 2.29. The van der Waals surface area contributed by atoms with Crippen LogP contribution in [0.1, 0.15) is 19.3 Å². The number of halogens is 1. The minimum Gasteiger partial charge on any atom is -0.381 e. The van der Waals surface area contributed by atoms with Gasteiger partial charge in [0.2, 0.25) is 0 Å². The van der Waals surface area contributed by atoms with Crippen LogP contribution in [0.5, 0.6) is 0 Å². The Morgan fingerprint density at radius 2 is 2.04 bits per heavy atom. The van der Waals surface area contributed by atoms with Crippen molar-refractivity contribution in [1.29, 1.82) is 0 Å². The first kappa shape index (κ1) is 15.1. The minimum atomic E-state index is 0.426. The van der Waals surface area contributed by atoms with Gasteiger partial charge in [-0.1, -0.05) is 11.6 Å². The number of rotatable bonds is 3. The van der Waals surface area contributed by atoms with Crippen LogP contribution >= 0.6 is 11.6 Å². The smallest absolute Gasteiger partial charge is 0.137 e. The molecule has 1 aromatic heterocycles. The van der Waals surface area contributed by atoms with Crippen LogP contribution in [0.3, 0.4) is 0 Å². The molecule has 1 atom stereocenters. The minimum absolute atomic E-state index is 0.426. The standard InChI is InChI=1S/C17H21ClN4O/c18-12-1-2-16-15(9-12)17(20-11-19-16)21-13-3-6-22(10-13)14-4-7-23-8-5-14/h1-2,9,11,13-14H,3-8,10H2,(H,19,20,21). The quantitative estimate of drug-likeness (QED) is 0.936. The highest BCUT2D eigenvalue weighted by Crippen LogP contribution is 2.26. The van der Waals surface area contributed by atoms with Crippen LogP contribution in [0.25, 0.3) is 10.9 Å². The maximum Gasteiger partial charge on any atom is 0.137 e. The lowest BCUT2D eigenvalue weighted by molar-refractivity contribution is 0.0421. The maximum atomic E-state index is 6.13. The summed E-state index contributed by atoms with van der Waals surface area (Å²) in [6.45, 7) is 4.01. The Morgan fingerprint density at radius 3 is 2.91 bits per heavy atom. The molecular weight excluding hydrogens is 312 g/mol. The monoisotopic (exact) mass is 332 g/mol. The molecule has 0 spiro atoms. The third-order valence-electron chi connectivity index (χ3n) is 4.87. The van der Waals surface area contributed by atoms with E-state index in [9.17, 15) is 0 Å². The van der Waals surface area contributed by atoms with Gasteiger partial charge in [-0.2, -0.15) is 0 Å². The summed E-state index contributed by atoms with van der Waals surface area (Å²) in [5, 5.41) is 5.30. The maximum absolute atomic E-state index is 6.13. The summed E-state index contributed by atoms with van der Waals surface area (Å²) in [4.78, 5) is 11.3. The van der Waals surface area contributed by atoms with Gasteiger partial charge in [-0.05, 0) is 37.5 Å². The Labute approximate surface area is 141 Å². The number of nitrogens with zero attached hydrogens (tertiary/aromatic N) is 3. The van der Waals surface area contributed by atoms with Crippen molar-refractivity contribution in [2.24, 2.45) is 0 Å². The Bertz CT molecular complexity index is 689. The number of hydrogen-bond acceptors (Lipinski definition) is 5. The van der Waals surface area contributed by atoms with E-state index in [1.807, 2.05) is 18.2 Å². The average molecular weight is 333 g/mol. The summed E-state index contributed by atoms with van der Waals surface area (Å²) >= 11 is 6.13. The molecule has 4 rings (SSSR count). The largest absolute Gasteiger partial charge is 0.381 e. The molecule has 5 nitrogen and oxygen atoms in total. The highest BCUT2D eigenvalue weighted by molar-refractivity contribution is 6.31. The summed E-state index contributed by atoms with van der Waals surface area (Å²) in [6, 6.07) is 6.84. The van der Waals surface area contributed by atoms with Crippen molar-refractivity contribution in [2.75, 3.05) is 31.6 Å². The Hall–Kier alpha value is -1.43. The molecule has 2 aliphatic heterocycles. The number of aromatic nitrogens is 2. The topological polar surface area (TPSA) is 50.3 Å². The molecule has 2 fully saturated rings. The SMILES string of the molecule is Clc1ccc2ncnc(NC3CCN(C4CCOCC4)C3)c2c1. The predicted molar refractivity (Wildman–Crippen MR) is 92.0 cm³/mol. The molecule has 0 saturated carbocycles. The second-order valence-corrected chi connectivity index (χ2v) is 6.79. The van der Waals surface area contributed by atoms with Gasteiger partial charge in [-0.25, -0.2) is 9.97 Å². The lowest BCUT2D eigenvalue weighted by Crippen LogP contribution is -2.39. The van der Waals surface area contributed by atoms with E-state index in [0.717, 1.165) is 62.3 Å². The molecule has 0 radical (unpaired) electrons. The fourth-order valence-electron chi connectivity index (χ4n) is 3.62. The first-order chi connectivity index (χ1) is 11.3. The van der Waals surface area contributed by atoms with E-state index >= 15 is 0 Å². The molecule has 23 heavy (non-hydrogen) atoms. The number of benzene rings is 1. The van der Waals surface area contributed by atoms with E-state index in [4.69, 9.17) is 16.3 Å². The van der Waals surface area contributed by atoms with E-state index in [1.54, 1.807) is 6.33 Å². The van der Waals surface area contributed by atoms with Gasteiger partial charge < -0.3 is 10.1 Å². The molecule has 3 heterocycles. The number of fused-ring (bicyclic) bond motifs is 1. The fraction of sp³-hybridized carbons (Fsp3) is 0.529. The zero-order valence-corrected chi connectivity index (χ0v) is 13.8. The van der Waals surface area contributed by atoms with Gasteiger partial charge in [0.1, 0.15) is 12.1 Å². The van der Waals surface area contributed by atoms with Crippen molar-refractivity contribution in [1.82, 2.24) is 14.9 Å². The number of anilines is 1. The molecule has 1 unspecified atom stereocenters. The molecule has 2 aromatic rings. The van der Waals surface area contributed by atoms with Crippen molar-refractivity contribution in [3.05, 3.63) is 29.5 Å². The molecule has 2 saturated heterocycles. The van der Waals surface area contributed by atoms with Crippen molar-refractivity contribution in [2.45, 2.75) is 31.3 Å². The summed E-state index contributed by atoms with van der Waals surface area (Å²) in [7, 11) is 0. The van der Waals surface area contributed by atoms with Crippen molar-refractivity contribution >= 4 is 28.3 Å². The van der Waals surface area contributed by atoms with Crippen molar-refractivity contribution in [3.63, 3.8) is 0 Å². The molecule has 1 aromatic carbocycles. The molecule has 122 valence electrons. The van der Waals surface area contributed by atoms with Crippen LogP contribution in [0.15, 0.2) is 24.5 Å². The lowest BCUT2D eigenvalue weighted by Gasteiger charge is -2.31. The summed E-state index contributed by atoms with van der Waals surface area (Å²) in [5.74, 6) is 0.885. The van der Waals surface area contributed by atoms with Gasteiger partial charge in [0.15, 0.2) is 0 Å². The number of nitrogens with one attached hydrogen (secondary N) is 1. The third kappa shape index (κ3) is 3.27. The number of ether oxygens (including phenoxy) is 1. The van der Waals surface area contributed by atoms with Crippen LogP contribution in [-0.2, 0) is 4.74 Å². The third-order valence-corrected chi connectivity index (χ3v) is 5.10. The van der Waals surface area contributed by atoms with E-state index < -0.39 is 0 Å². The fourth-order valence-corrected chi connectivity index (χ4v) is 3.80. The van der Waals surface area contributed by atoms with Gasteiger partial charge in [0.25, 0.3) is 0 Å². The van der Waals surface area contributed by atoms with Gasteiger partial charge in [0, 0.05) is 48.8 Å². The summed E-state index contributed by atoms with van der Waals surface area (Å²) < 4.78 is 5.47. The first-order valence-corrected chi connectivity index (χ1v) is 8.66. The van der Waals surface area contributed by atoms with Crippen LogP contribution < -0.4 is 5.32 Å².